The second kappa shape index (κ2) is 36.5. The summed E-state index contributed by atoms with van der Waals surface area (Å²) >= 11 is 0. The fraction of sp³-hybridized carbons (Fsp3) is 0.833. The Bertz CT molecular complexity index is 383. The van der Waals surface area contributed by atoms with E-state index in [4.69, 9.17) is 0 Å². The van der Waals surface area contributed by atoms with Crippen molar-refractivity contribution < 1.29 is 0 Å². The first-order valence-electron chi connectivity index (χ1n) is 13.6. The minimum absolute atomic E-state index is 0.935. The lowest BCUT2D eigenvalue weighted by molar-refractivity contribution is 0.509. The lowest BCUT2D eigenvalue weighted by atomic mass is 10.0. The third-order valence-corrected chi connectivity index (χ3v) is 5.35. The summed E-state index contributed by atoms with van der Waals surface area (Å²) in [6.45, 7) is 32.2. The number of hydrogen-bond acceptors (Lipinski definition) is 1. The molecule has 0 heterocycles. The van der Waals surface area contributed by atoms with Crippen LogP contribution in [0.3, 0.4) is 0 Å². The van der Waals surface area contributed by atoms with Crippen LogP contribution in [-0.2, 0) is 0 Å². The molecule has 1 heteroatoms. The summed E-state index contributed by atoms with van der Waals surface area (Å²) in [4.78, 5) is 4.47. The van der Waals surface area contributed by atoms with Crippen molar-refractivity contribution in [3.8, 4) is 0 Å². The van der Waals surface area contributed by atoms with Crippen LogP contribution in [0.5, 0.6) is 0 Å². The largest absolute Gasteiger partial charge is 0.261 e. The van der Waals surface area contributed by atoms with Crippen molar-refractivity contribution >= 4 is 6.21 Å². The Hall–Kier alpha value is -0.850. The molecule has 1 atom stereocenters. The van der Waals surface area contributed by atoms with E-state index in [9.17, 15) is 0 Å². The highest BCUT2D eigenvalue weighted by Gasteiger charge is 1.93. The molecule has 0 aromatic carbocycles. The second-order valence-electron chi connectivity index (χ2n) is 7.81. The molecule has 0 aliphatic heterocycles. The Balaban J connectivity index is -0.000000111. The maximum absolute atomic E-state index is 4.47. The second-order valence-corrected chi connectivity index (χ2v) is 7.81. The fourth-order valence-electron chi connectivity index (χ4n) is 2.10. The Kier molecular flexibility index (Phi) is 47.7. The monoisotopic (exact) mass is 440 g/mol. The van der Waals surface area contributed by atoms with Crippen molar-refractivity contribution in [1.82, 2.24) is 0 Å². The number of rotatable bonds is 10. The third-order valence-electron chi connectivity index (χ3n) is 5.35. The molecule has 190 valence electrons. The lowest BCUT2D eigenvalue weighted by Crippen LogP contribution is -1.88. The number of allylic oxidation sites excluding steroid dienone is 4. The first-order valence-corrected chi connectivity index (χ1v) is 13.6. The molecule has 0 aliphatic carbocycles. The van der Waals surface area contributed by atoms with Crippen molar-refractivity contribution in [2.75, 3.05) is 0 Å². The third kappa shape index (κ3) is 36.8. The minimum atomic E-state index is 0.935. The highest BCUT2D eigenvalue weighted by molar-refractivity contribution is 5.79. The van der Waals surface area contributed by atoms with E-state index < -0.39 is 0 Å². The van der Waals surface area contributed by atoms with Gasteiger partial charge in [-0.2, -0.15) is 0 Å². The van der Waals surface area contributed by atoms with Crippen LogP contribution in [0.2, 0.25) is 0 Å². The van der Waals surface area contributed by atoms with Crippen LogP contribution in [0.15, 0.2) is 27.9 Å². The standard InChI is InChI=1S/C13H23N.C7H16.C6H14.2C2H6/c1-6-9-13(8-3)10-14-12(5)11(4)7-2;1-4-6-7(3)5-2;1-4-6(3)5-2;2*1-2/h8,10H,6-7,9H2,1-5H3;7H,4-6H2,1-3H3;6H,4-5H2,1-3H3;2*1-2H3/b12-11+,13-8-,14-10+;;;;. The molecule has 0 N–H and O–H groups in total. The quantitative estimate of drug-likeness (QED) is 0.300. The summed E-state index contributed by atoms with van der Waals surface area (Å²) in [5.74, 6) is 1.88. The van der Waals surface area contributed by atoms with E-state index in [0.29, 0.717) is 0 Å². The molecule has 0 amide bonds. The van der Waals surface area contributed by atoms with Crippen LogP contribution in [-0.4, -0.2) is 6.21 Å². The highest BCUT2D eigenvalue weighted by Crippen LogP contribution is 2.09. The lowest BCUT2D eigenvalue weighted by Gasteiger charge is -2.02. The Morgan fingerprint density at radius 1 is 0.742 bits per heavy atom. The summed E-state index contributed by atoms with van der Waals surface area (Å²) < 4.78 is 0. The Morgan fingerprint density at radius 2 is 1.19 bits per heavy atom. The first-order chi connectivity index (χ1) is 14.8. The zero-order valence-corrected chi connectivity index (χ0v) is 24.9. The van der Waals surface area contributed by atoms with Crippen LogP contribution in [0.4, 0.5) is 0 Å². The molecular formula is C30H65N. The van der Waals surface area contributed by atoms with Gasteiger partial charge in [-0.1, -0.05) is 133 Å². The summed E-state index contributed by atoms with van der Waals surface area (Å²) in [6.07, 6.45) is 14.3. The van der Waals surface area contributed by atoms with Gasteiger partial charge in [0.05, 0.1) is 0 Å². The molecule has 0 aromatic heterocycles. The van der Waals surface area contributed by atoms with Gasteiger partial charge in [-0.05, 0) is 51.0 Å². The molecule has 31 heavy (non-hydrogen) atoms. The van der Waals surface area contributed by atoms with Crippen LogP contribution >= 0.6 is 0 Å². The van der Waals surface area contributed by atoms with Crippen molar-refractivity contribution in [2.45, 2.75) is 155 Å². The van der Waals surface area contributed by atoms with E-state index in [0.717, 1.165) is 30.4 Å². The highest BCUT2D eigenvalue weighted by atomic mass is 14.7. The molecule has 0 saturated heterocycles. The number of aliphatic imine (C=N–C) groups is 1. The van der Waals surface area contributed by atoms with Crippen molar-refractivity contribution in [2.24, 2.45) is 16.8 Å². The molecule has 1 nitrogen and oxygen atoms in total. The first kappa shape index (κ1) is 40.5. The maximum atomic E-state index is 4.47. The fourth-order valence-corrected chi connectivity index (χ4v) is 2.10. The number of nitrogens with zero attached hydrogens (tertiary/aromatic N) is 1. The van der Waals surface area contributed by atoms with Gasteiger partial charge in [-0.15, -0.1) is 0 Å². The Labute approximate surface area is 201 Å². The Morgan fingerprint density at radius 3 is 1.42 bits per heavy atom. The van der Waals surface area contributed by atoms with Crippen LogP contribution in [0.1, 0.15) is 155 Å². The topological polar surface area (TPSA) is 12.4 Å². The molecule has 0 aromatic rings. The molecule has 0 saturated carbocycles. The minimum Gasteiger partial charge on any atom is -0.261 e. The van der Waals surface area contributed by atoms with Gasteiger partial charge < -0.3 is 0 Å². The average Bonchev–Trinajstić information content (AvgIpc) is 2.83. The number of hydrogen-bond donors (Lipinski definition) is 0. The molecule has 0 radical (unpaired) electrons. The molecule has 0 bridgehead atoms. The van der Waals surface area contributed by atoms with Gasteiger partial charge in [0.15, 0.2) is 0 Å². The van der Waals surface area contributed by atoms with Gasteiger partial charge in [-0.25, -0.2) is 0 Å². The van der Waals surface area contributed by atoms with Crippen molar-refractivity contribution in [1.29, 1.82) is 0 Å². The zero-order chi connectivity index (χ0) is 25.7. The van der Waals surface area contributed by atoms with Crippen LogP contribution < -0.4 is 0 Å². The predicted octanol–water partition coefficient (Wildman–Crippen LogP) is 11.8. The van der Waals surface area contributed by atoms with Crippen molar-refractivity contribution in [3.63, 3.8) is 0 Å². The van der Waals surface area contributed by atoms with Crippen LogP contribution in [0, 0.1) is 11.8 Å². The molecule has 0 rings (SSSR count). The van der Waals surface area contributed by atoms with Gasteiger partial charge in [-0.3, -0.25) is 4.99 Å². The van der Waals surface area contributed by atoms with Gasteiger partial charge in [0, 0.05) is 11.9 Å². The molecule has 0 spiro atoms. The van der Waals surface area contributed by atoms with E-state index in [1.165, 1.54) is 49.7 Å². The van der Waals surface area contributed by atoms with Gasteiger partial charge >= 0.3 is 0 Å². The molecular weight excluding hydrogens is 374 g/mol. The maximum Gasteiger partial charge on any atom is 0.0361 e. The molecule has 0 aliphatic rings. The summed E-state index contributed by atoms with van der Waals surface area (Å²) in [7, 11) is 0. The van der Waals surface area contributed by atoms with Gasteiger partial charge in [0.25, 0.3) is 0 Å². The summed E-state index contributed by atoms with van der Waals surface area (Å²) in [5, 5.41) is 0. The molecule has 0 fully saturated rings. The van der Waals surface area contributed by atoms with Crippen molar-refractivity contribution in [3.05, 3.63) is 22.9 Å². The zero-order valence-electron chi connectivity index (χ0n) is 24.9. The van der Waals surface area contributed by atoms with E-state index in [1.807, 2.05) is 33.9 Å². The van der Waals surface area contributed by atoms with E-state index in [2.05, 4.69) is 87.2 Å². The average molecular weight is 440 g/mol. The molecule has 1 unspecified atom stereocenters. The van der Waals surface area contributed by atoms with E-state index >= 15 is 0 Å². The van der Waals surface area contributed by atoms with Crippen LogP contribution in [0.25, 0.3) is 0 Å². The summed E-state index contributed by atoms with van der Waals surface area (Å²) in [5.41, 5.74) is 3.85. The normalized spacial score (nSPS) is 12.2. The SMILES string of the molecule is CC.CC.CCC(C)CC.CCCC(C)CC.C\C=C(/C=N/C(C)=C(\C)CC)CCC. The van der Waals surface area contributed by atoms with Gasteiger partial charge in [0.1, 0.15) is 0 Å². The van der Waals surface area contributed by atoms with E-state index in [-0.39, 0.29) is 0 Å². The van der Waals surface area contributed by atoms with Gasteiger partial charge in [0.2, 0.25) is 0 Å². The smallest absolute Gasteiger partial charge is 0.0361 e. The van der Waals surface area contributed by atoms with E-state index in [1.54, 1.807) is 0 Å². The predicted molar refractivity (Wildman–Crippen MR) is 153 cm³/mol. The summed E-state index contributed by atoms with van der Waals surface area (Å²) in [6, 6.07) is 0.